The van der Waals surface area contributed by atoms with Gasteiger partial charge in [-0.1, -0.05) is 23.2 Å². The standard InChI is InChI=1S/CH3Cl2NO2S/c2-1(3)7(4,5)6/h1H,(H2,4,5,6). The van der Waals surface area contributed by atoms with Gasteiger partial charge in [-0.15, -0.1) is 0 Å². The van der Waals surface area contributed by atoms with Crippen molar-refractivity contribution in [2.75, 3.05) is 0 Å². The molecule has 0 saturated carbocycles. The highest BCUT2D eigenvalue weighted by molar-refractivity contribution is 7.92. The highest BCUT2D eigenvalue weighted by Crippen LogP contribution is 2.05. The van der Waals surface area contributed by atoms with Crippen molar-refractivity contribution in [3.05, 3.63) is 0 Å². The van der Waals surface area contributed by atoms with E-state index in [0.717, 1.165) is 0 Å². The summed E-state index contributed by atoms with van der Waals surface area (Å²) in [6.45, 7) is 0. The van der Waals surface area contributed by atoms with Gasteiger partial charge in [0.2, 0.25) is 14.2 Å². The lowest BCUT2D eigenvalue weighted by atomic mass is 11.9. The van der Waals surface area contributed by atoms with Gasteiger partial charge >= 0.3 is 0 Å². The van der Waals surface area contributed by atoms with Gasteiger partial charge in [0.15, 0.2) is 0 Å². The average molecular weight is 164 g/mol. The molecule has 0 aliphatic carbocycles. The van der Waals surface area contributed by atoms with Crippen LogP contribution in [0.15, 0.2) is 0 Å². The van der Waals surface area contributed by atoms with Gasteiger partial charge in [-0.25, -0.2) is 13.6 Å². The molecule has 0 saturated heterocycles. The largest absolute Gasteiger partial charge is 0.240 e. The fraction of sp³-hybridized carbons (Fsp3) is 1.00. The molecule has 0 aliphatic heterocycles. The van der Waals surface area contributed by atoms with Gasteiger partial charge in [-0.2, -0.15) is 0 Å². The molecule has 0 atom stereocenters. The van der Waals surface area contributed by atoms with Crippen molar-refractivity contribution in [2.45, 2.75) is 4.17 Å². The zero-order chi connectivity index (χ0) is 6.08. The fourth-order valence-corrected chi connectivity index (χ4v) is 0. The quantitative estimate of drug-likeness (QED) is 0.556. The van der Waals surface area contributed by atoms with Crippen LogP contribution < -0.4 is 5.14 Å². The van der Waals surface area contributed by atoms with Crippen molar-refractivity contribution >= 4 is 33.2 Å². The van der Waals surface area contributed by atoms with Gasteiger partial charge in [-0.05, 0) is 0 Å². The zero-order valence-corrected chi connectivity index (χ0v) is 5.46. The molecular formula is CH3Cl2NO2S. The van der Waals surface area contributed by atoms with Crippen LogP contribution in [0.3, 0.4) is 0 Å². The molecule has 7 heavy (non-hydrogen) atoms. The Labute approximate surface area is 51.4 Å². The normalized spacial score (nSPS) is 12.6. The molecule has 2 N–H and O–H groups in total. The SMILES string of the molecule is NS(=O)(=O)C(Cl)Cl. The second-order valence-corrected chi connectivity index (χ2v) is 4.11. The number of hydrogen-bond acceptors (Lipinski definition) is 2. The fourth-order valence-electron chi connectivity index (χ4n) is 0. The molecule has 0 heterocycles. The van der Waals surface area contributed by atoms with Crippen LogP contribution in [-0.4, -0.2) is 12.6 Å². The third kappa shape index (κ3) is 3.11. The summed E-state index contributed by atoms with van der Waals surface area (Å²) in [5, 5.41) is 4.39. The first kappa shape index (κ1) is 7.49. The van der Waals surface area contributed by atoms with Gasteiger partial charge in [0, 0.05) is 0 Å². The molecule has 0 bridgehead atoms. The first-order valence-electron chi connectivity index (χ1n) is 1.24. The monoisotopic (exact) mass is 163 g/mol. The third-order valence-electron chi connectivity index (χ3n) is 0.248. The Bertz CT molecular complexity index is 138. The van der Waals surface area contributed by atoms with E-state index in [-0.39, 0.29) is 0 Å². The lowest BCUT2D eigenvalue weighted by Crippen LogP contribution is -2.18. The highest BCUT2D eigenvalue weighted by atomic mass is 35.5. The van der Waals surface area contributed by atoms with Crippen LogP contribution in [0.25, 0.3) is 0 Å². The Morgan fingerprint density at radius 3 is 1.57 bits per heavy atom. The Kier molecular flexibility index (Phi) is 2.32. The van der Waals surface area contributed by atoms with Crippen LogP contribution in [-0.2, 0) is 10.0 Å². The Morgan fingerprint density at radius 1 is 1.43 bits per heavy atom. The maximum atomic E-state index is 9.84. The number of sulfonamides is 1. The average Bonchev–Trinajstić information content (AvgIpc) is 1.31. The Morgan fingerprint density at radius 2 is 1.57 bits per heavy atom. The zero-order valence-electron chi connectivity index (χ0n) is 3.14. The summed E-state index contributed by atoms with van der Waals surface area (Å²) in [5.74, 6) is 0. The van der Waals surface area contributed by atoms with E-state index in [9.17, 15) is 8.42 Å². The minimum atomic E-state index is -3.71. The van der Waals surface area contributed by atoms with E-state index in [2.05, 4.69) is 5.14 Å². The van der Waals surface area contributed by atoms with Crippen LogP contribution in [0.2, 0.25) is 0 Å². The maximum Gasteiger partial charge on any atom is 0.240 e. The second kappa shape index (κ2) is 2.17. The van der Waals surface area contributed by atoms with Crippen LogP contribution in [0, 0.1) is 0 Å². The third-order valence-corrected chi connectivity index (χ3v) is 2.24. The smallest absolute Gasteiger partial charge is 0.226 e. The molecule has 0 spiro atoms. The van der Waals surface area contributed by atoms with Crippen molar-refractivity contribution in [3.8, 4) is 0 Å². The predicted octanol–water partition coefficient (Wildman–Crippen LogP) is 0.0361. The van der Waals surface area contributed by atoms with E-state index in [1.54, 1.807) is 0 Å². The number of halogens is 2. The summed E-state index contributed by atoms with van der Waals surface area (Å²) in [6, 6.07) is 0. The molecule has 0 aromatic heterocycles. The molecule has 0 unspecified atom stereocenters. The van der Waals surface area contributed by atoms with E-state index in [1.807, 2.05) is 0 Å². The minimum Gasteiger partial charge on any atom is -0.226 e. The van der Waals surface area contributed by atoms with Crippen LogP contribution in [0.1, 0.15) is 0 Å². The molecule has 0 radical (unpaired) electrons. The summed E-state index contributed by atoms with van der Waals surface area (Å²) >= 11 is 9.61. The Hall–Kier alpha value is 0.490. The summed E-state index contributed by atoms with van der Waals surface area (Å²) in [4.78, 5) is 0. The lowest BCUT2D eigenvalue weighted by Gasteiger charge is -1.91. The van der Waals surface area contributed by atoms with Crippen molar-refractivity contribution in [2.24, 2.45) is 5.14 Å². The van der Waals surface area contributed by atoms with Gasteiger partial charge in [-0.3, -0.25) is 0 Å². The molecule has 0 fully saturated rings. The summed E-state index contributed by atoms with van der Waals surface area (Å²) in [6.07, 6.45) is 0. The molecule has 3 nitrogen and oxygen atoms in total. The van der Waals surface area contributed by atoms with E-state index in [1.165, 1.54) is 0 Å². The topological polar surface area (TPSA) is 60.2 Å². The van der Waals surface area contributed by atoms with Crippen LogP contribution >= 0.6 is 23.2 Å². The minimum absolute atomic E-state index is 1.51. The first-order chi connectivity index (χ1) is 2.94. The molecule has 0 rings (SSSR count). The molecule has 0 aliphatic rings. The summed E-state index contributed by atoms with van der Waals surface area (Å²) in [7, 11) is -3.71. The van der Waals surface area contributed by atoms with Gasteiger partial charge in [0.05, 0.1) is 0 Å². The molecular weight excluding hydrogens is 161 g/mol. The highest BCUT2D eigenvalue weighted by Gasteiger charge is 2.12. The molecule has 6 heteroatoms. The van der Waals surface area contributed by atoms with Crippen molar-refractivity contribution in [1.29, 1.82) is 0 Å². The maximum absolute atomic E-state index is 9.84. The molecule has 44 valence electrons. The number of primary sulfonamides is 1. The summed E-state index contributed by atoms with van der Waals surface area (Å²) in [5.41, 5.74) is 0. The van der Waals surface area contributed by atoms with Gasteiger partial charge < -0.3 is 0 Å². The first-order valence-corrected chi connectivity index (χ1v) is 3.72. The van der Waals surface area contributed by atoms with E-state index in [0.29, 0.717) is 0 Å². The number of hydrogen-bond donors (Lipinski definition) is 1. The van der Waals surface area contributed by atoms with Gasteiger partial charge in [0.25, 0.3) is 0 Å². The number of alkyl halides is 2. The molecule has 0 aromatic rings. The predicted molar refractivity (Wildman–Crippen MR) is 28.6 cm³/mol. The van der Waals surface area contributed by atoms with E-state index >= 15 is 0 Å². The number of nitrogens with two attached hydrogens (primary N) is 1. The molecule has 0 aromatic carbocycles. The second-order valence-electron chi connectivity index (χ2n) is 0.850. The number of rotatable bonds is 1. The van der Waals surface area contributed by atoms with Crippen molar-refractivity contribution in [3.63, 3.8) is 0 Å². The van der Waals surface area contributed by atoms with Crippen LogP contribution in [0.4, 0.5) is 0 Å². The Balaban J connectivity index is 4.10. The van der Waals surface area contributed by atoms with Crippen LogP contribution in [0.5, 0.6) is 0 Å². The van der Waals surface area contributed by atoms with Crippen molar-refractivity contribution < 1.29 is 8.42 Å². The van der Waals surface area contributed by atoms with Crippen molar-refractivity contribution in [1.82, 2.24) is 0 Å². The lowest BCUT2D eigenvalue weighted by molar-refractivity contribution is 0.600. The van der Waals surface area contributed by atoms with E-state index < -0.39 is 14.2 Å². The van der Waals surface area contributed by atoms with E-state index in [4.69, 9.17) is 23.2 Å². The van der Waals surface area contributed by atoms with Gasteiger partial charge in [0.1, 0.15) is 0 Å². The molecule has 0 amide bonds. The summed E-state index contributed by atoms with van der Waals surface area (Å²) < 4.78 is 18.2.